The number of benzene rings is 1. The Hall–Kier alpha value is -1.32. The van der Waals surface area contributed by atoms with E-state index in [0.29, 0.717) is 0 Å². The summed E-state index contributed by atoms with van der Waals surface area (Å²) in [6.45, 7) is 4.80. The van der Waals surface area contributed by atoms with Gasteiger partial charge in [-0.25, -0.2) is 4.98 Å². The molecular weight excluding hydrogens is 234 g/mol. The molecule has 0 aliphatic carbocycles. The van der Waals surface area contributed by atoms with Gasteiger partial charge in [-0.15, -0.1) is 0 Å². The standard InChI is InChI=1S/C13H16ClN3/c1-9(12-5-3-4-6-13(12)14)15-7-11-8-16-10(2)17-11/h3-6,8-9,15H,7H2,1-2H3,(H,16,17). The first kappa shape index (κ1) is 12.1. The lowest BCUT2D eigenvalue weighted by Crippen LogP contribution is -2.18. The molecule has 1 aromatic heterocycles. The number of hydrogen-bond acceptors (Lipinski definition) is 2. The zero-order chi connectivity index (χ0) is 12.3. The molecule has 0 saturated carbocycles. The van der Waals surface area contributed by atoms with Crippen molar-refractivity contribution in [3.63, 3.8) is 0 Å². The lowest BCUT2D eigenvalue weighted by Gasteiger charge is -2.14. The van der Waals surface area contributed by atoms with Crippen molar-refractivity contribution in [2.75, 3.05) is 0 Å². The van der Waals surface area contributed by atoms with Crippen LogP contribution in [0.25, 0.3) is 0 Å². The average molecular weight is 250 g/mol. The molecule has 17 heavy (non-hydrogen) atoms. The van der Waals surface area contributed by atoms with E-state index in [4.69, 9.17) is 11.6 Å². The molecule has 2 N–H and O–H groups in total. The molecule has 0 spiro atoms. The normalized spacial score (nSPS) is 12.6. The van der Waals surface area contributed by atoms with Gasteiger partial charge < -0.3 is 10.3 Å². The number of aromatic nitrogens is 2. The molecule has 0 radical (unpaired) electrons. The molecule has 0 bridgehead atoms. The third-order valence-corrected chi connectivity index (χ3v) is 3.07. The number of nitrogens with zero attached hydrogens (tertiary/aromatic N) is 1. The van der Waals surface area contributed by atoms with Gasteiger partial charge >= 0.3 is 0 Å². The van der Waals surface area contributed by atoms with E-state index in [9.17, 15) is 0 Å². The zero-order valence-corrected chi connectivity index (χ0v) is 10.8. The van der Waals surface area contributed by atoms with E-state index in [2.05, 4.69) is 22.2 Å². The molecule has 1 aromatic carbocycles. The van der Waals surface area contributed by atoms with Crippen molar-refractivity contribution in [3.05, 3.63) is 52.6 Å². The van der Waals surface area contributed by atoms with Crippen molar-refractivity contribution in [1.29, 1.82) is 0 Å². The van der Waals surface area contributed by atoms with Crippen LogP contribution in [0.15, 0.2) is 30.5 Å². The van der Waals surface area contributed by atoms with Crippen LogP contribution in [0.5, 0.6) is 0 Å². The van der Waals surface area contributed by atoms with Gasteiger partial charge in [-0.3, -0.25) is 0 Å². The summed E-state index contributed by atoms with van der Waals surface area (Å²) >= 11 is 6.14. The van der Waals surface area contributed by atoms with Crippen molar-refractivity contribution >= 4 is 11.6 Å². The van der Waals surface area contributed by atoms with Crippen LogP contribution < -0.4 is 5.32 Å². The Morgan fingerprint density at radius 3 is 2.82 bits per heavy atom. The van der Waals surface area contributed by atoms with E-state index in [1.807, 2.05) is 37.4 Å². The predicted octanol–water partition coefficient (Wildman–Crippen LogP) is 3.22. The van der Waals surface area contributed by atoms with E-state index in [-0.39, 0.29) is 6.04 Å². The van der Waals surface area contributed by atoms with Crippen molar-refractivity contribution in [2.24, 2.45) is 0 Å². The molecule has 3 nitrogen and oxygen atoms in total. The first-order valence-electron chi connectivity index (χ1n) is 5.65. The summed E-state index contributed by atoms with van der Waals surface area (Å²) in [6, 6.07) is 8.11. The smallest absolute Gasteiger partial charge is 0.103 e. The van der Waals surface area contributed by atoms with Crippen LogP contribution in [0, 0.1) is 6.92 Å². The summed E-state index contributed by atoms with van der Waals surface area (Å²) < 4.78 is 0. The maximum absolute atomic E-state index is 6.14. The average Bonchev–Trinajstić information content (AvgIpc) is 2.73. The minimum Gasteiger partial charge on any atom is -0.345 e. The van der Waals surface area contributed by atoms with Crippen LogP contribution >= 0.6 is 11.6 Å². The fourth-order valence-corrected chi connectivity index (χ4v) is 2.06. The molecule has 90 valence electrons. The number of hydrogen-bond donors (Lipinski definition) is 2. The van der Waals surface area contributed by atoms with Crippen LogP contribution in [-0.2, 0) is 6.54 Å². The minimum absolute atomic E-state index is 0.215. The first-order chi connectivity index (χ1) is 8.16. The summed E-state index contributed by atoms with van der Waals surface area (Å²) in [5, 5.41) is 4.21. The van der Waals surface area contributed by atoms with Crippen molar-refractivity contribution in [3.8, 4) is 0 Å². The van der Waals surface area contributed by atoms with Crippen molar-refractivity contribution < 1.29 is 0 Å². The Morgan fingerprint density at radius 1 is 1.41 bits per heavy atom. The van der Waals surface area contributed by atoms with Gasteiger partial charge in [0.05, 0.1) is 0 Å². The molecule has 1 heterocycles. The number of halogens is 1. The second-order valence-electron chi connectivity index (χ2n) is 4.12. The lowest BCUT2D eigenvalue weighted by molar-refractivity contribution is 0.569. The van der Waals surface area contributed by atoms with Crippen LogP contribution in [0.4, 0.5) is 0 Å². The molecule has 0 amide bonds. The van der Waals surface area contributed by atoms with Crippen LogP contribution in [0.1, 0.15) is 30.0 Å². The van der Waals surface area contributed by atoms with Gasteiger partial charge in [-0.2, -0.15) is 0 Å². The molecular formula is C13H16ClN3. The number of imidazole rings is 1. The van der Waals surface area contributed by atoms with Gasteiger partial charge in [0.25, 0.3) is 0 Å². The summed E-state index contributed by atoms with van der Waals surface area (Å²) in [5.74, 6) is 0.937. The molecule has 2 rings (SSSR count). The molecule has 4 heteroatoms. The van der Waals surface area contributed by atoms with E-state index in [1.165, 1.54) is 0 Å². The van der Waals surface area contributed by atoms with Crippen LogP contribution in [-0.4, -0.2) is 9.97 Å². The van der Waals surface area contributed by atoms with Gasteiger partial charge in [0.15, 0.2) is 0 Å². The Kier molecular flexibility index (Phi) is 3.82. The number of nitrogens with one attached hydrogen (secondary N) is 2. The zero-order valence-electron chi connectivity index (χ0n) is 10.00. The predicted molar refractivity (Wildman–Crippen MR) is 70.0 cm³/mol. The quantitative estimate of drug-likeness (QED) is 0.874. The van der Waals surface area contributed by atoms with E-state index in [0.717, 1.165) is 28.6 Å². The molecule has 2 aromatic rings. The Balaban J connectivity index is 1.98. The highest BCUT2D eigenvalue weighted by Crippen LogP contribution is 2.22. The summed E-state index contributed by atoms with van der Waals surface area (Å²) in [4.78, 5) is 7.35. The fourth-order valence-electron chi connectivity index (χ4n) is 1.76. The number of aromatic amines is 1. The van der Waals surface area contributed by atoms with E-state index >= 15 is 0 Å². The third kappa shape index (κ3) is 3.08. The number of aryl methyl sites for hydroxylation is 1. The minimum atomic E-state index is 0.215. The highest BCUT2D eigenvalue weighted by molar-refractivity contribution is 6.31. The van der Waals surface area contributed by atoms with Gasteiger partial charge in [0.2, 0.25) is 0 Å². The van der Waals surface area contributed by atoms with Crippen molar-refractivity contribution in [1.82, 2.24) is 15.3 Å². The van der Waals surface area contributed by atoms with E-state index in [1.54, 1.807) is 0 Å². The molecule has 0 saturated heterocycles. The monoisotopic (exact) mass is 249 g/mol. The van der Waals surface area contributed by atoms with Gasteiger partial charge in [0.1, 0.15) is 5.82 Å². The van der Waals surface area contributed by atoms with Crippen LogP contribution in [0.2, 0.25) is 5.02 Å². The van der Waals surface area contributed by atoms with Gasteiger partial charge in [0, 0.05) is 29.5 Å². The maximum atomic E-state index is 6.14. The maximum Gasteiger partial charge on any atom is 0.103 e. The Morgan fingerprint density at radius 2 is 2.18 bits per heavy atom. The lowest BCUT2D eigenvalue weighted by atomic mass is 10.1. The first-order valence-corrected chi connectivity index (χ1v) is 6.03. The van der Waals surface area contributed by atoms with E-state index < -0.39 is 0 Å². The molecule has 1 atom stereocenters. The highest BCUT2D eigenvalue weighted by atomic mass is 35.5. The summed E-state index contributed by atoms with van der Waals surface area (Å²) in [7, 11) is 0. The highest BCUT2D eigenvalue weighted by Gasteiger charge is 2.08. The topological polar surface area (TPSA) is 40.7 Å². The number of H-pyrrole nitrogens is 1. The second-order valence-corrected chi connectivity index (χ2v) is 4.53. The largest absolute Gasteiger partial charge is 0.345 e. The Bertz CT molecular complexity index is 493. The molecule has 0 fully saturated rings. The number of rotatable bonds is 4. The fraction of sp³-hybridized carbons (Fsp3) is 0.308. The molecule has 1 unspecified atom stereocenters. The van der Waals surface area contributed by atoms with Gasteiger partial charge in [-0.05, 0) is 25.5 Å². The Labute approximate surface area is 106 Å². The van der Waals surface area contributed by atoms with Crippen molar-refractivity contribution in [2.45, 2.75) is 26.4 Å². The van der Waals surface area contributed by atoms with Gasteiger partial charge in [-0.1, -0.05) is 29.8 Å². The third-order valence-electron chi connectivity index (χ3n) is 2.73. The molecule has 0 aliphatic heterocycles. The SMILES string of the molecule is Cc1ncc(CNC(C)c2ccccc2Cl)[nH]1. The second kappa shape index (κ2) is 5.34. The van der Waals surface area contributed by atoms with Crippen LogP contribution in [0.3, 0.4) is 0 Å². The summed E-state index contributed by atoms with van der Waals surface area (Å²) in [6.07, 6.45) is 1.85. The molecule has 0 aliphatic rings. The summed E-state index contributed by atoms with van der Waals surface area (Å²) in [5.41, 5.74) is 2.20.